The number of ether oxygens (including phenoxy) is 1. The molecule has 0 rings (SSSR count). The largest absolute Gasteiger partial charge is 0.468 e. The quantitative estimate of drug-likeness (QED) is 0.446. The van der Waals surface area contributed by atoms with Crippen LogP contribution < -0.4 is 0 Å². The van der Waals surface area contributed by atoms with Crippen LogP contribution in [0.2, 0.25) is 0 Å². The van der Waals surface area contributed by atoms with E-state index in [2.05, 4.69) is 4.74 Å². The lowest BCUT2D eigenvalue weighted by Crippen LogP contribution is -2.45. The van der Waals surface area contributed by atoms with Crippen molar-refractivity contribution in [3.05, 3.63) is 0 Å². The average molecular weight is 173 g/mol. The molecule has 0 saturated carbocycles. The van der Waals surface area contributed by atoms with Crippen molar-refractivity contribution in [2.45, 2.75) is 19.4 Å². The maximum Gasteiger partial charge on any atom is 0.319 e. The van der Waals surface area contributed by atoms with Gasteiger partial charge in [-0.3, -0.25) is 9.69 Å². The smallest absolute Gasteiger partial charge is 0.319 e. The SMILES string of the molecule is COC(=O)CN(C)C(C)(C)C=O. The van der Waals surface area contributed by atoms with Crippen LogP contribution in [0.25, 0.3) is 0 Å². The van der Waals surface area contributed by atoms with Crippen LogP contribution in [0.15, 0.2) is 0 Å². The van der Waals surface area contributed by atoms with Gasteiger partial charge in [0.1, 0.15) is 6.29 Å². The summed E-state index contributed by atoms with van der Waals surface area (Å²) in [7, 11) is 3.02. The Bertz CT molecular complexity index is 177. The summed E-state index contributed by atoms with van der Waals surface area (Å²) in [5.74, 6) is -0.340. The predicted octanol–water partition coefficient (Wildman–Crippen LogP) is 0.0687. The summed E-state index contributed by atoms with van der Waals surface area (Å²) >= 11 is 0. The molecular formula is C8H15NO3. The van der Waals surface area contributed by atoms with E-state index in [4.69, 9.17) is 0 Å². The molecule has 4 nitrogen and oxygen atoms in total. The Balaban J connectivity index is 4.11. The van der Waals surface area contributed by atoms with E-state index < -0.39 is 5.54 Å². The fraction of sp³-hybridized carbons (Fsp3) is 0.750. The van der Waals surface area contributed by atoms with Crippen molar-refractivity contribution in [1.82, 2.24) is 4.90 Å². The van der Waals surface area contributed by atoms with Crippen LogP contribution in [0, 0.1) is 0 Å². The standard InChI is InChI=1S/C8H15NO3/c1-8(2,6-10)9(3)5-7(11)12-4/h6H,5H2,1-4H3. The molecule has 0 atom stereocenters. The van der Waals surface area contributed by atoms with Crippen molar-refractivity contribution in [2.75, 3.05) is 20.7 Å². The van der Waals surface area contributed by atoms with Crippen molar-refractivity contribution in [3.8, 4) is 0 Å². The van der Waals surface area contributed by atoms with Crippen LogP contribution in [0.4, 0.5) is 0 Å². The Morgan fingerprint density at radius 2 is 2.08 bits per heavy atom. The Labute approximate surface area is 72.5 Å². The lowest BCUT2D eigenvalue weighted by Gasteiger charge is -2.28. The van der Waals surface area contributed by atoms with E-state index >= 15 is 0 Å². The van der Waals surface area contributed by atoms with Gasteiger partial charge in [-0.25, -0.2) is 0 Å². The van der Waals surface area contributed by atoms with Crippen LogP contribution >= 0.6 is 0 Å². The maximum atomic E-state index is 10.8. The molecule has 0 aliphatic carbocycles. The van der Waals surface area contributed by atoms with Crippen LogP contribution in [-0.2, 0) is 14.3 Å². The van der Waals surface area contributed by atoms with Crippen molar-refractivity contribution < 1.29 is 14.3 Å². The fourth-order valence-corrected chi connectivity index (χ4v) is 0.552. The highest BCUT2D eigenvalue weighted by atomic mass is 16.5. The van der Waals surface area contributed by atoms with Gasteiger partial charge in [0.25, 0.3) is 0 Å². The molecule has 0 aliphatic rings. The van der Waals surface area contributed by atoms with Crippen LogP contribution in [-0.4, -0.2) is 43.4 Å². The predicted molar refractivity (Wildman–Crippen MR) is 44.8 cm³/mol. The van der Waals surface area contributed by atoms with E-state index in [9.17, 15) is 9.59 Å². The topological polar surface area (TPSA) is 46.6 Å². The summed E-state index contributed by atoms with van der Waals surface area (Å²) in [6, 6.07) is 0. The van der Waals surface area contributed by atoms with Crippen LogP contribution in [0.5, 0.6) is 0 Å². The first-order valence-corrected chi connectivity index (χ1v) is 3.68. The number of likely N-dealkylation sites (N-methyl/N-ethyl adjacent to an activating group) is 1. The third kappa shape index (κ3) is 3.00. The average Bonchev–Trinajstić information content (AvgIpc) is 2.04. The molecule has 0 saturated heterocycles. The number of carbonyl (C=O) groups excluding carboxylic acids is 2. The molecule has 0 aromatic heterocycles. The maximum absolute atomic E-state index is 10.8. The minimum atomic E-state index is -0.617. The first-order valence-electron chi connectivity index (χ1n) is 3.68. The molecule has 12 heavy (non-hydrogen) atoms. The molecule has 0 aliphatic heterocycles. The van der Waals surface area contributed by atoms with Crippen molar-refractivity contribution in [1.29, 1.82) is 0 Å². The van der Waals surface area contributed by atoms with Gasteiger partial charge in [-0.1, -0.05) is 0 Å². The Morgan fingerprint density at radius 3 is 2.42 bits per heavy atom. The van der Waals surface area contributed by atoms with Gasteiger partial charge in [-0.15, -0.1) is 0 Å². The van der Waals surface area contributed by atoms with Gasteiger partial charge < -0.3 is 9.53 Å². The lowest BCUT2D eigenvalue weighted by molar-refractivity contribution is -0.143. The van der Waals surface area contributed by atoms with Crippen molar-refractivity contribution in [2.24, 2.45) is 0 Å². The van der Waals surface area contributed by atoms with Gasteiger partial charge >= 0.3 is 5.97 Å². The fourth-order valence-electron chi connectivity index (χ4n) is 0.552. The zero-order valence-electron chi connectivity index (χ0n) is 7.96. The summed E-state index contributed by atoms with van der Waals surface area (Å²) in [5, 5.41) is 0. The number of esters is 1. The monoisotopic (exact) mass is 173 g/mol. The number of carbonyl (C=O) groups is 2. The molecule has 0 heterocycles. The molecule has 70 valence electrons. The third-order valence-corrected chi connectivity index (χ3v) is 1.87. The second-order valence-electron chi connectivity index (χ2n) is 3.20. The molecule has 0 bridgehead atoms. The summed E-state index contributed by atoms with van der Waals surface area (Å²) in [6.45, 7) is 3.61. The first-order chi connectivity index (χ1) is 5.44. The molecule has 4 heteroatoms. The van der Waals surface area contributed by atoms with Gasteiger partial charge in [0.15, 0.2) is 0 Å². The summed E-state index contributed by atoms with van der Waals surface area (Å²) < 4.78 is 4.46. The molecule has 0 spiro atoms. The number of hydrogen-bond acceptors (Lipinski definition) is 4. The molecule has 0 amide bonds. The number of rotatable bonds is 4. The first kappa shape index (κ1) is 11.1. The van der Waals surface area contributed by atoms with E-state index in [0.29, 0.717) is 0 Å². The van der Waals surface area contributed by atoms with Gasteiger partial charge in [-0.05, 0) is 20.9 Å². The van der Waals surface area contributed by atoms with Gasteiger partial charge in [0.2, 0.25) is 0 Å². The highest BCUT2D eigenvalue weighted by Gasteiger charge is 2.24. The normalized spacial score (nSPS) is 11.4. The summed E-state index contributed by atoms with van der Waals surface area (Å²) in [4.78, 5) is 23.0. The Hall–Kier alpha value is -0.900. The highest BCUT2D eigenvalue weighted by molar-refractivity contribution is 5.73. The Kier molecular flexibility index (Phi) is 3.89. The molecule has 0 N–H and O–H groups in total. The van der Waals surface area contributed by atoms with Gasteiger partial charge in [-0.2, -0.15) is 0 Å². The second kappa shape index (κ2) is 4.21. The van der Waals surface area contributed by atoms with E-state index in [1.807, 2.05) is 0 Å². The molecule has 0 aromatic carbocycles. The zero-order valence-corrected chi connectivity index (χ0v) is 7.96. The molecule has 0 unspecified atom stereocenters. The lowest BCUT2D eigenvalue weighted by atomic mass is 10.1. The Morgan fingerprint density at radius 1 is 1.58 bits per heavy atom. The van der Waals surface area contributed by atoms with Gasteiger partial charge in [0, 0.05) is 0 Å². The number of hydrogen-bond donors (Lipinski definition) is 0. The summed E-state index contributed by atoms with van der Waals surface area (Å²) in [6.07, 6.45) is 0.802. The minimum Gasteiger partial charge on any atom is -0.468 e. The number of nitrogens with zero attached hydrogens (tertiary/aromatic N) is 1. The zero-order chi connectivity index (χ0) is 9.78. The van der Waals surface area contributed by atoms with E-state index in [-0.39, 0.29) is 12.5 Å². The van der Waals surface area contributed by atoms with Crippen molar-refractivity contribution >= 4 is 12.3 Å². The number of aldehydes is 1. The van der Waals surface area contributed by atoms with Crippen molar-refractivity contribution in [3.63, 3.8) is 0 Å². The third-order valence-electron chi connectivity index (χ3n) is 1.87. The van der Waals surface area contributed by atoms with E-state index in [0.717, 1.165) is 6.29 Å². The highest BCUT2D eigenvalue weighted by Crippen LogP contribution is 2.07. The second-order valence-corrected chi connectivity index (χ2v) is 3.20. The number of methoxy groups -OCH3 is 1. The summed E-state index contributed by atoms with van der Waals surface area (Å²) in [5.41, 5.74) is -0.617. The molecule has 0 radical (unpaired) electrons. The van der Waals surface area contributed by atoms with E-state index in [1.54, 1.807) is 25.8 Å². The van der Waals surface area contributed by atoms with Gasteiger partial charge in [0.05, 0.1) is 19.2 Å². The minimum absolute atomic E-state index is 0.127. The van der Waals surface area contributed by atoms with Crippen LogP contribution in [0.1, 0.15) is 13.8 Å². The van der Waals surface area contributed by atoms with Crippen LogP contribution in [0.3, 0.4) is 0 Å². The molecule has 0 fully saturated rings. The molecular weight excluding hydrogens is 158 g/mol. The van der Waals surface area contributed by atoms with E-state index in [1.165, 1.54) is 7.11 Å². The molecule has 0 aromatic rings.